The van der Waals surface area contributed by atoms with E-state index in [0.29, 0.717) is 16.9 Å². The van der Waals surface area contributed by atoms with E-state index >= 15 is 0 Å². The number of benzene rings is 1. The second kappa shape index (κ2) is 5.32. The van der Waals surface area contributed by atoms with Gasteiger partial charge in [0.25, 0.3) is 0 Å². The topological polar surface area (TPSA) is 63.0 Å². The Morgan fingerprint density at radius 3 is 2.68 bits per heavy atom. The van der Waals surface area contributed by atoms with Gasteiger partial charge in [-0.3, -0.25) is 4.98 Å². The predicted octanol–water partition coefficient (Wildman–Crippen LogP) is 2.79. The van der Waals surface area contributed by atoms with Crippen molar-refractivity contribution in [3.63, 3.8) is 0 Å². The van der Waals surface area contributed by atoms with Crippen LogP contribution in [-0.2, 0) is 0 Å². The summed E-state index contributed by atoms with van der Waals surface area (Å²) in [5.74, 6) is -0.0877. The van der Waals surface area contributed by atoms with Crippen molar-refractivity contribution in [1.82, 2.24) is 4.98 Å². The van der Waals surface area contributed by atoms with E-state index in [-0.39, 0.29) is 0 Å². The summed E-state index contributed by atoms with van der Waals surface area (Å²) >= 11 is 0. The summed E-state index contributed by atoms with van der Waals surface area (Å²) in [6, 6.07) is 10.4. The van der Waals surface area contributed by atoms with Crippen LogP contribution < -0.4 is 4.74 Å². The van der Waals surface area contributed by atoms with Crippen LogP contribution in [0.2, 0.25) is 0 Å². The molecule has 94 valence electrons. The van der Waals surface area contributed by atoms with Gasteiger partial charge in [-0.1, -0.05) is 6.07 Å². The van der Waals surface area contributed by atoms with Crippen molar-refractivity contribution < 1.29 is 9.53 Å². The smallest absolute Gasteiger partial charge is 0.345 e. The Morgan fingerprint density at radius 1 is 1.26 bits per heavy atom. The molecule has 0 aliphatic rings. The lowest BCUT2D eigenvalue weighted by molar-refractivity contribution is 0.0733. The van der Waals surface area contributed by atoms with Crippen LogP contribution in [0.15, 0.2) is 36.5 Å². The molecule has 0 bridgehead atoms. The molecular formula is C15H12N2O2. The number of hydrogen-bond donors (Lipinski definition) is 0. The molecule has 1 aromatic heterocycles. The van der Waals surface area contributed by atoms with E-state index in [9.17, 15) is 4.79 Å². The van der Waals surface area contributed by atoms with Crippen LogP contribution in [0.5, 0.6) is 5.75 Å². The molecule has 0 aliphatic carbocycles. The number of nitriles is 1. The SMILES string of the molecule is Cc1ccc(C(=O)Oc2cc(C#N)ccc2C)cn1. The molecule has 1 heterocycles. The lowest BCUT2D eigenvalue weighted by Crippen LogP contribution is -2.10. The number of rotatable bonds is 2. The first-order valence-electron chi connectivity index (χ1n) is 5.76. The van der Waals surface area contributed by atoms with Crippen molar-refractivity contribution in [1.29, 1.82) is 5.26 Å². The average molecular weight is 252 g/mol. The number of nitrogens with zero attached hydrogens (tertiary/aromatic N) is 2. The van der Waals surface area contributed by atoms with Crippen molar-refractivity contribution in [3.05, 3.63) is 58.9 Å². The Bertz CT molecular complexity index is 655. The third-order valence-electron chi connectivity index (χ3n) is 2.67. The number of esters is 1. The molecule has 0 radical (unpaired) electrons. The molecule has 0 unspecified atom stereocenters. The van der Waals surface area contributed by atoms with Gasteiger partial charge in [0.15, 0.2) is 0 Å². The minimum absolute atomic E-state index is 0.382. The molecule has 4 heteroatoms. The highest BCUT2D eigenvalue weighted by molar-refractivity contribution is 5.90. The van der Waals surface area contributed by atoms with Gasteiger partial charge < -0.3 is 4.74 Å². The van der Waals surface area contributed by atoms with Crippen molar-refractivity contribution in [3.8, 4) is 11.8 Å². The van der Waals surface area contributed by atoms with Crippen molar-refractivity contribution in [2.24, 2.45) is 0 Å². The van der Waals surface area contributed by atoms with E-state index in [1.165, 1.54) is 6.20 Å². The van der Waals surface area contributed by atoms with Gasteiger partial charge in [-0.2, -0.15) is 5.26 Å². The zero-order chi connectivity index (χ0) is 13.8. The van der Waals surface area contributed by atoms with Gasteiger partial charge in [0.2, 0.25) is 0 Å². The Balaban J connectivity index is 2.24. The second-order valence-corrected chi connectivity index (χ2v) is 4.17. The van der Waals surface area contributed by atoms with Crippen LogP contribution in [0.25, 0.3) is 0 Å². The van der Waals surface area contributed by atoms with Gasteiger partial charge in [-0.05, 0) is 43.7 Å². The number of hydrogen-bond acceptors (Lipinski definition) is 4. The minimum atomic E-state index is -0.481. The van der Waals surface area contributed by atoms with Crippen LogP contribution in [0, 0.1) is 25.2 Å². The Morgan fingerprint density at radius 2 is 2.05 bits per heavy atom. The van der Waals surface area contributed by atoms with Gasteiger partial charge in [-0.15, -0.1) is 0 Å². The first kappa shape index (κ1) is 12.8. The number of ether oxygens (including phenoxy) is 1. The molecule has 0 saturated carbocycles. The van der Waals surface area contributed by atoms with Crippen molar-refractivity contribution >= 4 is 5.97 Å². The molecule has 0 amide bonds. The molecule has 4 nitrogen and oxygen atoms in total. The third-order valence-corrected chi connectivity index (χ3v) is 2.67. The van der Waals surface area contributed by atoms with Gasteiger partial charge >= 0.3 is 5.97 Å². The van der Waals surface area contributed by atoms with Gasteiger partial charge in [-0.25, -0.2) is 4.79 Å². The summed E-state index contributed by atoms with van der Waals surface area (Å²) in [7, 11) is 0. The van der Waals surface area contributed by atoms with Crippen molar-refractivity contribution in [2.45, 2.75) is 13.8 Å². The third kappa shape index (κ3) is 2.96. The number of pyridine rings is 1. The highest BCUT2D eigenvalue weighted by Crippen LogP contribution is 2.20. The standard InChI is InChI=1S/C15H12N2O2/c1-10-3-5-12(8-16)7-14(10)19-15(18)13-6-4-11(2)17-9-13/h3-7,9H,1-2H3. The lowest BCUT2D eigenvalue weighted by atomic mass is 10.1. The second-order valence-electron chi connectivity index (χ2n) is 4.17. The monoisotopic (exact) mass is 252 g/mol. The fourth-order valence-corrected chi connectivity index (χ4v) is 1.53. The largest absolute Gasteiger partial charge is 0.423 e. The fourth-order valence-electron chi connectivity index (χ4n) is 1.53. The summed E-state index contributed by atoms with van der Waals surface area (Å²) < 4.78 is 5.28. The van der Waals surface area contributed by atoms with Crippen LogP contribution in [-0.4, -0.2) is 11.0 Å². The summed E-state index contributed by atoms with van der Waals surface area (Å²) in [5.41, 5.74) is 2.47. The molecule has 2 rings (SSSR count). The lowest BCUT2D eigenvalue weighted by Gasteiger charge is -2.07. The molecule has 0 atom stereocenters. The normalized spacial score (nSPS) is 9.74. The molecule has 2 aromatic rings. The van der Waals surface area contributed by atoms with E-state index in [1.54, 1.807) is 30.3 Å². The average Bonchev–Trinajstić information content (AvgIpc) is 2.42. The van der Waals surface area contributed by atoms with Gasteiger partial charge in [0.1, 0.15) is 5.75 Å². The maximum Gasteiger partial charge on any atom is 0.345 e. The van der Waals surface area contributed by atoms with E-state index in [0.717, 1.165) is 11.3 Å². The zero-order valence-corrected chi connectivity index (χ0v) is 10.7. The highest BCUT2D eigenvalue weighted by atomic mass is 16.5. The van der Waals surface area contributed by atoms with Crippen LogP contribution in [0.4, 0.5) is 0 Å². The Kier molecular flexibility index (Phi) is 3.58. The molecule has 0 saturated heterocycles. The first-order valence-corrected chi connectivity index (χ1v) is 5.76. The quantitative estimate of drug-likeness (QED) is 0.609. The Labute approximate surface area is 111 Å². The molecule has 1 aromatic carbocycles. The molecule has 19 heavy (non-hydrogen) atoms. The number of aryl methyl sites for hydroxylation is 2. The predicted molar refractivity (Wildman–Crippen MR) is 69.8 cm³/mol. The summed E-state index contributed by atoms with van der Waals surface area (Å²) in [5, 5.41) is 8.83. The maximum absolute atomic E-state index is 11.9. The molecule has 0 aliphatic heterocycles. The van der Waals surface area contributed by atoms with Crippen molar-refractivity contribution in [2.75, 3.05) is 0 Å². The molecule has 0 fully saturated rings. The van der Waals surface area contributed by atoms with Gasteiger partial charge in [0, 0.05) is 11.9 Å². The molecular weight excluding hydrogens is 240 g/mol. The Hall–Kier alpha value is -2.67. The summed E-state index contributed by atoms with van der Waals surface area (Å²) in [6.45, 7) is 3.66. The van der Waals surface area contributed by atoms with E-state index in [4.69, 9.17) is 10.00 Å². The summed E-state index contributed by atoms with van der Waals surface area (Å²) in [4.78, 5) is 16.0. The van der Waals surface area contributed by atoms with Crippen LogP contribution in [0.1, 0.15) is 27.2 Å². The first-order chi connectivity index (χ1) is 9.10. The maximum atomic E-state index is 11.9. The summed E-state index contributed by atoms with van der Waals surface area (Å²) in [6.07, 6.45) is 1.47. The minimum Gasteiger partial charge on any atom is -0.423 e. The van der Waals surface area contributed by atoms with Crippen LogP contribution >= 0.6 is 0 Å². The molecule has 0 N–H and O–H groups in total. The van der Waals surface area contributed by atoms with Gasteiger partial charge in [0.05, 0.1) is 17.2 Å². The highest BCUT2D eigenvalue weighted by Gasteiger charge is 2.11. The zero-order valence-electron chi connectivity index (χ0n) is 10.7. The molecule has 0 spiro atoms. The number of carbonyl (C=O) groups is 1. The van der Waals surface area contributed by atoms with Crippen LogP contribution in [0.3, 0.4) is 0 Å². The van der Waals surface area contributed by atoms with E-state index < -0.39 is 5.97 Å². The fraction of sp³-hybridized carbons (Fsp3) is 0.133. The van der Waals surface area contributed by atoms with E-state index in [2.05, 4.69) is 4.98 Å². The number of carbonyl (C=O) groups excluding carboxylic acids is 1. The number of aromatic nitrogens is 1. The van der Waals surface area contributed by atoms with E-state index in [1.807, 2.05) is 19.9 Å².